The minimum Gasteiger partial charge on any atom is -0.507 e. The number of para-hydroxylation sites is 1. The molecule has 0 atom stereocenters. The van der Waals surface area contributed by atoms with E-state index in [1.165, 1.54) is 5.56 Å². The number of hydrogen-bond acceptors (Lipinski definition) is 5. The van der Waals surface area contributed by atoms with Crippen molar-refractivity contribution in [3.05, 3.63) is 101 Å². The van der Waals surface area contributed by atoms with Gasteiger partial charge in [-0.1, -0.05) is 68.8 Å². The molecule has 0 spiro atoms. The van der Waals surface area contributed by atoms with Crippen molar-refractivity contribution in [2.45, 2.75) is 47.0 Å². The van der Waals surface area contributed by atoms with Crippen LogP contribution in [0.2, 0.25) is 0 Å². The van der Waals surface area contributed by atoms with E-state index in [1.807, 2.05) is 67.6 Å². The number of ether oxygens (including phenoxy) is 3. The lowest BCUT2D eigenvalue weighted by atomic mass is 9.99. The monoisotopic (exact) mass is 538 g/mol. The molecule has 0 aromatic heterocycles. The average molecular weight is 539 g/mol. The molecule has 40 heavy (non-hydrogen) atoms. The van der Waals surface area contributed by atoms with Crippen LogP contribution >= 0.6 is 0 Å². The third-order valence-corrected chi connectivity index (χ3v) is 6.69. The molecule has 0 aliphatic rings. The molecule has 5 nitrogen and oxygen atoms in total. The Labute approximate surface area is 237 Å². The molecule has 0 unspecified atom stereocenters. The zero-order valence-corrected chi connectivity index (χ0v) is 23.8. The fourth-order valence-electron chi connectivity index (χ4n) is 4.59. The van der Waals surface area contributed by atoms with Crippen molar-refractivity contribution in [2.24, 2.45) is 5.92 Å². The summed E-state index contributed by atoms with van der Waals surface area (Å²) in [6.07, 6.45) is 3.04. The lowest BCUT2D eigenvalue weighted by Gasteiger charge is -2.18. The number of benzene rings is 4. The van der Waals surface area contributed by atoms with E-state index >= 15 is 0 Å². The Hall–Kier alpha value is -4.25. The third kappa shape index (κ3) is 7.23. The smallest absolute Gasteiger partial charge is 0.153 e. The van der Waals surface area contributed by atoms with Crippen LogP contribution in [0.15, 0.2) is 78.9 Å². The van der Waals surface area contributed by atoms with Gasteiger partial charge in [-0.05, 0) is 67.1 Å². The molecule has 4 aromatic rings. The first-order valence-corrected chi connectivity index (χ1v) is 13.9. The Bertz CT molecular complexity index is 1420. The summed E-state index contributed by atoms with van der Waals surface area (Å²) >= 11 is 0. The lowest BCUT2D eigenvalue weighted by Crippen LogP contribution is -2.08. The van der Waals surface area contributed by atoms with Gasteiger partial charge in [0, 0.05) is 23.6 Å². The highest BCUT2D eigenvalue weighted by Crippen LogP contribution is 2.37. The predicted molar refractivity (Wildman–Crippen MR) is 160 cm³/mol. The standard InChI is InChI=1S/C35H38O5/c1-5-26-21-29(27-16-14-25(4)15-17-27)31(37)22-35(26)39-19-9-18-38-33-12-8-13-34(30(33)20-24(2)3)40-32-11-7-6-10-28(32)23-36/h6-8,10-17,21-24,37H,5,9,18-20H2,1-4H3. The SMILES string of the molecule is CCc1cc(-c2ccc(C)cc2)c(O)cc1OCCCOc1cccc(Oc2ccccc2C=O)c1CC(C)C. The molecule has 0 saturated heterocycles. The average Bonchev–Trinajstić information content (AvgIpc) is 2.95. The molecule has 1 N–H and O–H groups in total. The third-order valence-electron chi connectivity index (χ3n) is 6.69. The highest BCUT2D eigenvalue weighted by molar-refractivity contribution is 5.79. The quantitative estimate of drug-likeness (QED) is 0.136. The number of hydrogen-bond donors (Lipinski definition) is 1. The molecular formula is C35H38O5. The van der Waals surface area contributed by atoms with Gasteiger partial charge in [0.05, 0.1) is 18.8 Å². The summed E-state index contributed by atoms with van der Waals surface area (Å²) in [6, 6.07) is 24.8. The molecule has 5 heteroatoms. The molecule has 4 rings (SSSR count). The number of aldehydes is 1. The lowest BCUT2D eigenvalue weighted by molar-refractivity contribution is 0.112. The number of rotatable bonds is 13. The van der Waals surface area contributed by atoms with E-state index in [0.29, 0.717) is 48.4 Å². The molecule has 0 aliphatic heterocycles. The molecule has 0 heterocycles. The van der Waals surface area contributed by atoms with Crippen molar-refractivity contribution in [2.75, 3.05) is 13.2 Å². The first-order valence-electron chi connectivity index (χ1n) is 13.9. The van der Waals surface area contributed by atoms with Crippen molar-refractivity contribution in [3.8, 4) is 39.9 Å². The van der Waals surface area contributed by atoms with Crippen molar-refractivity contribution in [1.29, 1.82) is 0 Å². The van der Waals surface area contributed by atoms with Crippen molar-refractivity contribution in [3.63, 3.8) is 0 Å². The van der Waals surface area contributed by atoms with E-state index in [4.69, 9.17) is 14.2 Å². The van der Waals surface area contributed by atoms with E-state index in [2.05, 4.69) is 20.8 Å². The highest BCUT2D eigenvalue weighted by atomic mass is 16.5. The topological polar surface area (TPSA) is 65.0 Å². The fraction of sp³-hybridized carbons (Fsp3) is 0.286. The zero-order valence-electron chi connectivity index (χ0n) is 23.8. The molecule has 0 radical (unpaired) electrons. The molecular weight excluding hydrogens is 500 g/mol. The molecule has 0 aliphatic carbocycles. The number of carbonyl (C=O) groups excluding carboxylic acids is 1. The summed E-state index contributed by atoms with van der Waals surface area (Å²) in [5.74, 6) is 3.27. The van der Waals surface area contributed by atoms with Crippen LogP contribution < -0.4 is 14.2 Å². The molecule has 208 valence electrons. The molecule has 0 saturated carbocycles. The van der Waals surface area contributed by atoms with Crippen LogP contribution in [0.25, 0.3) is 11.1 Å². The maximum atomic E-state index is 11.5. The van der Waals surface area contributed by atoms with Gasteiger partial charge in [-0.2, -0.15) is 0 Å². The number of aryl methyl sites for hydroxylation is 2. The van der Waals surface area contributed by atoms with Crippen molar-refractivity contribution < 1.29 is 24.1 Å². The minimum atomic E-state index is 0.207. The van der Waals surface area contributed by atoms with E-state index < -0.39 is 0 Å². The van der Waals surface area contributed by atoms with Crippen LogP contribution in [-0.4, -0.2) is 24.6 Å². The Morgan fingerprint density at radius 3 is 2.20 bits per heavy atom. The highest BCUT2D eigenvalue weighted by Gasteiger charge is 2.15. The van der Waals surface area contributed by atoms with Crippen LogP contribution in [-0.2, 0) is 12.8 Å². The molecule has 4 aromatic carbocycles. The second-order valence-electron chi connectivity index (χ2n) is 10.3. The van der Waals surface area contributed by atoms with Gasteiger partial charge in [0.15, 0.2) is 6.29 Å². The van der Waals surface area contributed by atoms with E-state index in [9.17, 15) is 9.90 Å². The summed E-state index contributed by atoms with van der Waals surface area (Å²) in [5, 5.41) is 10.7. The van der Waals surface area contributed by atoms with Crippen LogP contribution in [0, 0.1) is 12.8 Å². The zero-order chi connectivity index (χ0) is 28.5. The van der Waals surface area contributed by atoms with E-state index in [1.54, 1.807) is 18.2 Å². The van der Waals surface area contributed by atoms with Crippen molar-refractivity contribution >= 4 is 6.29 Å². The molecule has 0 bridgehead atoms. The number of phenols is 1. The van der Waals surface area contributed by atoms with Gasteiger partial charge in [-0.15, -0.1) is 0 Å². The van der Waals surface area contributed by atoms with Crippen LogP contribution in [0.3, 0.4) is 0 Å². The predicted octanol–water partition coefficient (Wildman–Crippen LogP) is 8.58. The number of phenolic OH excluding ortho intramolecular Hbond substituents is 1. The first kappa shape index (κ1) is 28.8. The number of aromatic hydroxyl groups is 1. The summed E-state index contributed by atoms with van der Waals surface area (Å²) in [4.78, 5) is 11.5. The largest absolute Gasteiger partial charge is 0.507 e. The normalized spacial score (nSPS) is 10.9. The van der Waals surface area contributed by atoms with Crippen LogP contribution in [0.4, 0.5) is 0 Å². The Kier molecular flexibility index (Phi) is 9.85. The summed E-state index contributed by atoms with van der Waals surface area (Å²) in [5.41, 5.74) is 5.50. The first-order chi connectivity index (χ1) is 19.4. The van der Waals surface area contributed by atoms with Crippen molar-refractivity contribution in [1.82, 2.24) is 0 Å². The molecule has 0 fully saturated rings. The van der Waals surface area contributed by atoms with E-state index in [-0.39, 0.29) is 5.75 Å². The fourth-order valence-corrected chi connectivity index (χ4v) is 4.59. The van der Waals surface area contributed by atoms with Gasteiger partial charge in [0.1, 0.15) is 28.7 Å². The van der Waals surface area contributed by atoms with Gasteiger partial charge in [-0.25, -0.2) is 0 Å². The Balaban J connectivity index is 1.41. The maximum absolute atomic E-state index is 11.5. The second-order valence-corrected chi connectivity index (χ2v) is 10.3. The van der Waals surface area contributed by atoms with Gasteiger partial charge < -0.3 is 19.3 Å². The van der Waals surface area contributed by atoms with Crippen LogP contribution in [0.1, 0.15) is 54.2 Å². The summed E-state index contributed by atoms with van der Waals surface area (Å²) in [7, 11) is 0. The van der Waals surface area contributed by atoms with E-state index in [0.717, 1.165) is 47.1 Å². The summed E-state index contributed by atoms with van der Waals surface area (Å²) < 4.78 is 18.5. The Morgan fingerprint density at radius 2 is 1.50 bits per heavy atom. The maximum Gasteiger partial charge on any atom is 0.153 e. The van der Waals surface area contributed by atoms with Crippen LogP contribution in [0.5, 0.6) is 28.7 Å². The van der Waals surface area contributed by atoms with Gasteiger partial charge in [0.25, 0.3) is 0 Å². The molecule has 0 amide bonds. The van der Waals surface area contributed by atoms with Gasteiger partial charge >= 0.3 is 0 Å². The number of carbonyl (C=O) groups is 1. The summed E-state index contributed by atoms with van der Waals surface area (Å²) in [6.45, 7) is 9.36. The minimum absolute atomic E-state index is 0.207. The van der Waals surface area contributed by atoms with Gasteiger partial charge in [-0.3, -0.25) is 4.79 Å². The second kappa shape index (κ2) is 13.7. The van der Waals surface area contributed by atoms with Gasteiger partial charge in [0.2, 0.25) is 0 Å². The Morgan fingerprint density at radius 1 is 0.825 bits per heavy atom.